The van der Waals surface area contributed by atoms with Crippen LogP contribution in [0.1, 0.15) is 82.6 Å². The van der Waals surface area contributed by atoms with Crippen molar-refractivity contribution in [2.45, 2.75) is 114 Å². The standard InChI is InChI=1S/C22H49AsO5P2/c1-12-20(28-17(6)7)23(18(8)29-21(10,24-13-2)25-14-3)19(9)30-22(11,26-15-4)27-16-5/h17-20,29-30H,12-16H2,1-11H3. The molecule has 0 radical (unpaired) electrons. The van der Waals surface area contributed by atoms with E-state index in [2.05, 4.69) is 48.5 Å². The van der Waals surface area contributed by atoms with Crippen LogP contribution in [0.5, 0.6) is 0 Å². The van der Waals surface area contributed by atoms with Gasteiger partial charge < -0.3 is 0 Å². The van der Waals surface area contributed by atoms with E-state index in [9.17, 15) is 0 Å². The van der Waals surface area contributed by atoms with E-state index in [4.69, 9.17) is 23.7 Å². The first kappa shape index (κ1) is 31.2. The van der Waals surface area contributed by atoms with E-state index >= 15 is 0 Å². The average molecular weight is 530 g/mol. The molecule has 5 unspecified atom stereocenters. The van der Waals surface area contributed by atoms with Crippen molar-refractivity contribution in [3.8, 4) is 0 Å². The van der Waals surface area contributed by atoms with E-state index in [0.29, 0.717) is 57.4 Å². The Morgan fingerprint density at radius 3 is 1.23 bits per heavy atom. The molecule has 5 nitrogen and oxygen atoms in total. The van der Waals surface area contributed by atoms with E-state index in [1.54, 1.807) is 0 Å². The van der Waals surface area contributed by atoms with Crippen molar-refractivity contribution in [2.75, 3.05) is 26.4 Å². The second kappa shape index (κ2) is 15.9. The third-order valence-electron chi connectivity index (χ3n) is 4.63. The molecule has 0 saturated heterocycles. The van der Waals surface area contributed by atoms with Gasteiger partial charge in [0.1, 0.15) is 0 Å². The van der Waals surface area contributed by atoms with Crippen molar-refractivity contribution in [2.24, 2.45) is 0 Å². The van der Waals surface area contributed by atoms with Crippen molar-refractivity contribution in [3.63, 3.8) is 0 Å². The number of ether oxygens (including phenoxy) is 5. The first-order valence-electron chi connectivity index (χ1n) is 11.5. The normalized spacial score (nSPS) is 18.0. The summed E-state index contributed by atoms with van der Waals surface area (Å²) < 4.78 is 31.8. The van der Waals surface area contributed by atoms with Gasteiger partial charge >= 0.3 is 195 Å². The van der Waals surface area contributed by atoms with Crippen molar-refractivity contribution in [1.29, 1.82) is 0 Å². The van der Waals surface area contributed by atoms with Crippen LogP contribution in [0.4, 0.5) is 0 Å². The molecule has 0 aromatic carbocycles. The molecule has 0 N–H and O–H groups in total. The van der Waals surface area contributed by atoms with Gasteiger partial charge in [0.25, 0.3) is 0 Å². The first-order valence-corrected chi connectivity index (χ1v) is 17.0. The molecule has 5 atom stereocenters. The molecule has 30 heavy (non-hydrogen) atoms. The Kier molecular flexibility index (Phi) is 16.6. The zero-order valence-corrected chi connectivity index (χ0v) is 25.2. The van der Waals surface area contributed by atoms with Crippen molar-refractivity contribution in [3.05, 3.63) is 0 Å². The third-order valence-corrected chi connectivity index (χ3v) is 18.0. The summed E-state index contributed by atoms with van der Waals surface area (Å²) >= 11 is -1.50. The molecular formula is C22H49AsO5P2. The van der Waals surface area contributed by atoms with E-state index in [1.165, 1.54) is 0 Å². The molecule has 0 amide bonds. The van der Waals surface area contributed by atoms with Crippen LogP contribution in [-0.4, -0.2) is 72.0 Å². The Morgan fingerprint density at radius 2 is 1.00 bits per heavy atom. The summed E-state index contributed by atoms with van der Waals surface area (Å²) in [5.74, 6) is 0. The molecule has 0 heterocycles. The van der Waals surface area contributed by atoms with Gasteiger partial charge in [0.15, 0.2) is 0 Å². The molecule has 8 heteroatoms. The van der Waals surface area contributed by atoms with Crippen LogP contribution in [0.25, 0.3) is 0 Å². The fraction of sp³-hybridized carbons (Fsp3) is 1.00. The summed E-state index contributed by atoms with van der Waals surface area (Å²) in [6.07, 6.45) is 1.27. The fourth-order valence-corrected chi connectivity index (χ4v) is 21.4. The quantitative estimate of drug-likeness (QED) is 0.125. The van der Waals surface area contributed by atoms with Gasteiger partial charge in [-0.05, 0) is 0 Å². The maximum absolute atomic E-state index is 6.48. The van der Waals surface area contributed by atoms with E-state index in [0.717, 1.165) is 6.42 Å². The van der Waals surface area contributed by atoms with Crippen LogP contribution in [0, 0.1) is 0 Å². The van der Waals surface area contributed by atoms with Gasteiger partial charge in [-0.15, -0.1) is 0 Å². The Morgan fingerprint density at radius 1 is 0.667 bits per heavy atom. The summed E-state index contributed by atoms with van der Waals surface area (Å²) in [5.41, 5.74) is -1.03. The van der Waals surface area contributed by atoms with Crippen LogP contribution in [0.3, 0.4) is 0 Å². The topological polar surface area (TPSA) is 46.2 Å². The third kappa shape index (κ3) is 11.4. The summed E-state index contributed by atoms with van der Waals surface area (Å²) in [7, 11) is 1.16. The van der Waals surface area contributed by atoms with E-state index in [1.807, 2.05) is 27.7 Å². The van der Waals surface area contributed by atoms with Gasteiger partial charge in [0.05, 0.1) is 0 Å². The van der Waals surface area contributed by atoms with Gasteiger partial charge in [-0.1, -0.05) is 0 Å². The molecular weight excluding hydrogens is 481 g/mol. The Bertz CT molecular complexity index is 400. The zero-order chi connectivity index (χ0) is 23.4. The molecule has 0 saturated carbocycles. The number of rotatable bonds is 18. The molecule has 0 fully saturated rings. The van der Waals surface area contributed by atoms with Crippen molar-refractivity contribution < 1.29 is 23.7 Å². The molecule has 0 rings (SSSR count). The molecule has 182 valence electrons. The second-order valence-electron chi connectivity index (χ2n) is 7.76. The summed E-state index contributed by atoms with van der Waals surface area (Å²) in [5, 5.41) is 0. The summed E-state index contributed by atoms with van der Waals surface area (Å²) in [6.45, 7) is 26.3. The van der Waals surface area contributed by atoms with Crippen LogP contribution in [0.2, 0.25) is 0 Å². The summed E-state index contributed by atoms with van der Waals surface area (Å²) in [6, 6.07) is 0. The molecule has 0 aliphatic heterocycles. The van der Waals surface area contributed by atoms with Gasteiger partial charge in [-0.2, -0.15) is 0 Å². The molecule has 0 aromatic heterocycles. The fourth-order valence-electron chi connectivity index (χ4n) is 3.79. The van der Waals surface area contributed by atoms with Crippen LogP contribution < -0.4 is 0 Å². The molecule has 0 aliphatic rings. The van der Waals surface area contributed by atoms with Gasteiger partial charge in [-0.3, -0.25) is 0 Å². The molecule has 0 aliphatic carbocycles. The first-order chi connectivity index (χ1) is 14.0. The van der Waals surface area contributed by atoms with E-state index < -0.39 is 25.7 Å². The minimum atomic E-state index is -1.50. The monoisotopic (exact) mass is 530 g/mol. The number of hydrogen-bond donors (Lipinski definition) is 0. The van der Waals surface area contributed by atoms with Gasteiger partial charge in [0.2, 0.25) is 0 Å². The average Bonchev–Trinajstić information content (AvgIpc) is 2.60. The SMILES string of the molecule is CCOC(C)(OCC)PC(C)[As](C(CC)OC(C)C)C(C)PC(C)(OCC)OCC. The van der Waals surface area contributed by atoms with Crippen LogP contribution >= 0.6 is 17.2 Å². The Hall–Kier alpha value is 1.22. The maximum atomic E-state index is 6.48. The minimum absolute atomic E-state index is 0.230. The second-order valence-corrected chi connectivity index (χ2v) is 20.3. The summed E-state index contributed by atoms with van der Waals surface area (Å²) in [4.78, 5) is 0.322. The molecule has 0 bridgehead atoms. The number of hydrogen-bond acceptors (Lipinski definition) is 5. The zero-order valence-electron chi connectivity index (χ0n) is 21.3. The van der Waals surface area contributed by atoms with Gasteiger partial charge in [0, 0.05) is 0 Å². The Balaban J connectivity index is 5.77. The van der Waals surface area contributed by atoms with E-state index in [-0.39, 0.29) is 6.10 Å². The Labute approximate surface area is 195 Å². The molecule has 0 spiro atoms. The predicted molar refractivity (Wildman–Crippen MR) is 135 cm³/mol. The van der Waals surface area contributed by atoms with Gasteiger partial charge in [-0.25, -0.2) is 0 Å². The van der Waals surface area contributed by atoms with Crippen molar-refractivity contribution in [1.82, 2.24) is 0 Å². The predicted octanol–water partition coefficient (Wildman–Crippen LogP) is 5.93. The molecule has 0 aromatic rings. The van der Waals surface area contributed by atoms with Crippen LogP contribution in [0.15, 0.2) is 0 Å². The van der Waals surface area contributed by atoms with Crippen molar-refractivity contribution >= 4 is 31.8 Å². The van der Waals surface area contributed by atoms with Crippen LogP contribution in [-0.2, 0) is 23.7 Å².